The van der Waals surface area contributed by atoms with Crippen LogP contribution in [0.5, 0.6) is 0 Å². The van der Waals surface area contributed by atoms with Gasteiger partial charge in [0, 0.05) is 0 Å². The summed E-state index contributed by atoms with van der Waals surface area (Å²) in [5, 5.41) is 7.95. The fraction of sp³-hybridized carbons (Fsp3) is 0.571. The molecule has 0 aliphatic rings. The van der Waals surface area contributed by atoms with E-state index in [1.54, 1.807) is 0 Å². The summed E-state index contributed by atoms with van der Waals surface area (Å²) in [6.45, 7) is 2.32. The molecule has 0 bridgehead atoms. The monoisotopic (exact) mass is 180 g/mol. The van der Waals surface area contributed by atoms with Crippen LogP contribution < -0.4 is 0 Å². The van der Waals surface area contributed by atoms with E-state index in [4.69, 9.17) is 5.11 Å². The second-order valence-electron chi connectivity index (χ2n) is 2.14. The molecule has 12 heavy (non-hydrogen) atoms. The molecule has 0 aliphatic carbocycles. The molecule has 0 aromatic rings. The van der Waals surface area contributed by atoms with Crippen molar-refractivity contribution in [2.24, 2.45) is 0 Å². The fourth-order valence-electron chi connectivity index (χ4n) is 0.429. The van der Waals surface area contributed by atoms with Gasteiger partial charge in [-0.3, -0.25) is 0 Å². The average molecular weight is 180 g/mol. The maximum absolute atomic E-state index is 12.2. The first-order valence-corrected chi connectivity index (χ1v) is 3.30. The maximum Gasteiger partial charge on any atom is 0.377 e. The van der Waals surface area contributed by atoms with Crippen LogP contribution in [0.15, 0.2) is 12.7 Å². The first kappa shape index (κ1) is 11.0. The third-order valence-corrected chi connectivity index (χ3v) is 1.06. The van der Waals surface area contributed by atoms with Gasteiger partial charge in [-0.05, 0) is 6.42 Å². The van der Waals surface area contributed by atoms with Gasteiger partial charge in [0.05, 0.1) is 6.61 Å². The molecule has 0 rings (SSSR count). The Morgan fingerprint density at radius 2 is 2.25 bits per heavy atom. The molecule has 0 amide bonds. The fourth-order valence-corrected chi connectivity index (χ4v) is 0.429. The van der Waals surface area contributed by atoms with E-state index in [9.17, 15) is 13.6 Å². The molecule has 0 aliphatic heterocycles. The number of aliphatic carboxylic acids is 1. The second kappa shape index (κ2) is 4.82. The van der Waals surface area contributed by atoms with Gasteiger partial charge in [0.15, 0.2) is 0 Å². The lowest BCUT2D eigenvalue weighted by Gasteiger charge is -2.10. The molecule has 0 aromatic carbocycles. The first-order chi connectivity index (χ1) is 5.50. The summed E-state index contributed by atoms with van der Waals surface area (Å²) in [6.07, 6.45) is 1.93. The van der Waals surface area contributed by atoms with Crippen LogP contribution in [0.25, 0.3) is 0 Å². The number of halogens is 2. The molecule has 5 heteroatoms. The molecular formula is C7H10F2O3. The molecule has 0 spiro atoms. The Morgan fingerprint density at radius 3 is 2.67 bits per heavy atom. The molecular weight excluding hydrogens is 170 g/mol. The lowest BCUT2D eigenvalue weighted by atomic mass is 10.4. The van der Waals surface area contributed by atoms with Crippen molar-refractivity contribution in [3.63, 3.8) is 0 Å². The zero-order valence-corrected chi connectivity index (χ0v) is 6.43. The van der Waals surface area contributed by atoms with Gasteiger partial charge in [0.25, 0.3) is 0 Å². The van der Waals surface area contributed by atoms with Crippen molar-refractivity contribution in [3.05, 3.63) is 12.7 Å². The number of ether oxygens (including phenoxy) is 1. The smallest absolute Gasteiger partial charge is 0.377 e. The van der Waals surface area contributed by atoms with E-state index >= 15 is 0 Å². The Kier molecular flexibility index (Phi) is 4.43. The van der Waals surface area contributed by atoms with Crippen molar-refractivity contribution >= 4 is 5.97 Å². The number of alkyl halides is 2. The van der Waals surface area contributed by atoms with Gasteiger partial charge in [0.2, 0.25) is 0 Å². The Morgan fingerprint density at radius 1 is 1.67 bits per heavy atom. The highest BCUT2D eigenvalue weighted by molar-refractivity contribution is 5.75. The van der Waals surface area contributed by atoms with Gasteiger partial charge >= 0.3 is 11.9 Å². The van der Waals surface area contributed by atoms with E-state index in [2.05, 4.69) is 11.3 Å². The van der Waals surface area contributed by atoms with Crippen LogP contribution in [-0.2, 0) is 9.53 Å². The van der Waals surface area contributed by atoms with Crippen LogP contribution in [0.4, 0.5) is 8.78 Å². The minimum Gasteiger partial charge on any atom is -0.477 e. The Balaban J connectivity index is 3.61. The molecule has 0 unspecified atom stereocenters. The van der Waals surface area contributed by atoms with Gasteiger partial charge in [0.1, 0.15) is 6.61 Å². The summed E-state index contributed by atoms with van der Waals surface area (Å²) >= 11 is 0. The predicted molar refractivity (Wildman–Crippen MR) is 38.2 cm³/mol. The quantitative estimate of drug-likeness (QED) is 0.495. The Hall–Kier alpha value is -0.970. The van der Waals surface area contributed by atoms with Crippen molar-refractivity contribution in [1.29, 1.82) is 0 Å². The summed E-state index contributed by atoms with van der Waals surface area (Å²) in [6, 6.07) is 0. The number of hydrogen-bond acceptors (Lipinski definition) is 2. The summed E-state index contributed by atoms with van der Waals surface area (Å²) < 4.78 is 28.8. The highest BCUT2D eigenvalue weighted by Crippen LogP contribution is 2.13. The van der Waals surface area contributed by atoms with Crippen molar-refractivity contribution in [2.75, 3.05) is 13.2 Å². The minimum atomic E-state index is -3.79. The molecule has 0 saturated carbocycles. The molecule has 0 atom stereocenters. The summed E-state index contributed by atoms with van der Waals surface area (Å²) in [4.78, 5) is 9.83. The highest BCUT2D eigenvalue weighted by Gasteiger charge is 2.38. The molecule has 0 aromatic heterocycles. The molecule has 3 nitrogen and oxygen atoms in total. The number of carbonyl (C=O) groups is 1. The van der Waals surface area contributed by atoms with Crippen LogP contribution in [0.3, 0.4) is 0 Å². The van der Waals surface area contributed by atoms with Gasteiger partial charge in [-0.2, -0.15) is 8.78 Å². The number of hydrogen-bond donors (Lipinski definition) is 1. The number of carboxylic acid groups (broad SMARTS) is 1. The van der Waals surface area contributed by atoms with Crippen LogP contribution in [0.2, 0.25) is 0 Å². The lowest BCUT2D eigenvalue weighted by molar-refractivity contribution is -0.173. The topological polar surface area (TPSA) is 46.5 Å². The predicted octanol–water partition coefficient (Wildman–Crippen LogP) is 1.30. The highest BCUT2D eigenvalue weighted by atomic mass is 19.3. The molecule has 0 fully saturated rings. The molecule has 0 saturated heterocycles. The Bertz CT molecular complexity index is 168. The zero-order chi connectivity index (χ0) is 9.61. The van der Waals surface area contributed by atoms with Crippen LogP contribution in [0, 0.1) is 0 Å². The van der Waals surface area contributed by atoms with Crippen molar-refractivity contribution in [2.45, 2.75) is 12.3 Å². The van der Waals surface area contributed by atoms with E-state index in [0.717, 1.165) is 0 Å². The van der Waals surface area contributed by atoms with Crippen LogP contribution in [-0.4, -0.2) is 30.2 Å². The maximum atomic E-state index is 12.2. The van der Waals surface area contributed by atoms with E-state index in [0.29, 0.717) is 6.42 Å². The first-order valence-electron chi connectivity index (χ1n) is 3.30. The van der Waals surface area contributed by atoms with Crippen LogP contribution in [0.1, 0.15) is 6.42 Å². The van der Waals surface area contributed by atoms with Crippen molar-refractivity contribution in [3.8, 4) is 0 Å². The molecule has 0 heterocycles. The lowest BCUT2D eigenvalue weighted by Crippen LogP contribution is -2.33. The molecule has 0 radical (unpaired) electrons. The van der Waals surface area contributed by atoms with E-state index < -0.39 is 18.5 Å². The van der Waals surface area contributed by atoms with Gasteiger partial charge in [-0.1, -0.05) is 6.08 Å². The molecule has 70 valence electrons. The summed E-state index contributed by atoms with van der Waals surface area (Å²) in [5.74, 6) is -5.96. The van der Waals surface area contributed by atoms with E-state index in [1.165, 1.54) is 6.08 Å². The SMILES string of the molecule is C=CCCOCC(F)(F)C(=O)O. The van der Waals surface area contributed by atoms with Gasteiger partial charge < -0.3 is 9.84 Å². The van der Waals surface area contributed by atoms with Crippen LogP contribution >= 0.6 is 0 Å². The van der Waals surface area contributed by atoms with Gasteiger partial charge in [-0.25, -0.2) is 4.79 Å². The standard InChI is InChI=1S/C7H10F2O3/c1-2-3-4-12-5-7(8,9)6(10)11/h2H,1,3-5H2,(H,10,11). The average Bonchev–Trinajstić information content (AvgIpc) is 1.98. The summed E-state index contributed by atoms with van der Waals surface area (Å²) in [5.41, 5.74) is 0. The largest absolute Gasteiger partial charge is 0.477 e. The second-order valence-corrected chi connectivity index (χ2v) is 2.14. The molecule has 1 N–H and O–H groups in total. The normalized spacial score (nSPS) is 11.2. The summed E-state index contributed by atoms with van der Waals surface area (Å²) in [7, 11) is 0. The third kappa shape index (κ3) is 4.02. The van der Waals surface area contributed by atoms with Crippen molar-refractivity contribution < 1.29 is 23.4 Å². The van der Waals surface area contributed by atoms with E-state index in [-0.39, 0.29) is 6.61 Å². The third-order valence-electron chi connectivity index (χ3n) is 1.06. The number of rotatable bonds is 6. The Labute approximate surface area is 68.6 Å². The minimum absolute atomic E-state index is 0.0619. The van der Waals surface area contributed by atoms with E-state index in [1.807, 2.05) is 0 Å². The van der Waals surface area contributed by atoms with Crippen molar-refractivity contribution in [1.82, 2.24) is 0 Å². The number of carboxylic acids is 1. The van der Waals surface area contributed by atoms with Gasteiger partial charge in [-0.15, -0.1) is 6.58 Å². The zero-order valence-electron chi connectivity index (χ0n) is 6.43.